The van der Waals surface area contributed by atoms with Crippen LogP contribution in [0.25, 0.3) is 0 Å². The number of aryl methyl sites for hydroxylation is 2. The summed E-state index contributed by atoms with van der Waals surface area (Å²) >= 11 is 0. The second kappa shape index (κ2) is 6.76. The van der Waals surface area contributed by atoms with Crippen LogP contribution in [0.15, 0.2) is 18.2 Å². The zero-order valence-electron chi connectivity index (χ0n) is 11.0. The molecule has 100 valence electrons. The summed E-state index contributed by atoms with van der Waals surface area (Å²) in [6, 6.07) is 6.07. The molecule has 0 saturated carbocycles. The van der Waals surface area contributed by atoms with Crippen molar-refractivity contribution in [1.82, 2.24) is 5.32 Å². The maximum Gasteiger partial charge on any atom is 0.241 e. The first-order valence-corrected chi connectivity index (χ1v) is 6.28. The van der Waals surface area contributed by atoms with E-state index in [0.717, 1.165) is 30.6 Å². The van der Waals surface area contributed by atoms with E-state index in [4.69, 9.17) is 0 Å². The van der Waals surface area contributed by atoms with Crippen LogP contribution in [0.5, 0.6) is 0 Å². The molecule has 1 fully saturated rings. The zero-order valence-corrected chi connectivity index (χ0v) is 11.8. The van der Waals surface area contributed by atoms with E-state index in [1.54, 1.807) is 0 Å². The van der Waals surface area contributed by atoms with Gasteiger partial charge in [-0.3, -0.25) is 4.79 Å². The molecule has 0 radical (unpaired) electrons. The Hall–Kier alpha value is -1.06. The van der Waals surface area contributed by atoms with Gasteiger partial charge < -0.3 is 10.6 Å². The molecule has 0 unspecified atom stereocenters. The number of anilines is 1. The fourth-order valence-electron chi connectivity index (χ4n) is 2.25. The highest BCUT2D eigenvalue weighted by atomic mass is 35.5. The Bertz CT molecular complexity index is 414. The zero-order chi connectivity index (χ0) is 12.3. The number of amides is 1. The third kappa shape index (κ3) is 3.72. The van der Waals surface area contributed by atoms with Gasteiger partial charge in [-0.05, 0) is 44.9 Å². The summed E-state index contributed by atoms with van der Waals surface area (Å²) < 4.78 is 0. The van der Waals surface area contributed by atoms with Crippen LogP contribution < -0.4 is 10.6 Å². The molecule has 1 atom stereocenters. The van der Waals surface area contributed by atoms with Gasteiger partial charge in [0.05, 0.1) is 6.04 Å². The van der Waals surface area contributed by atoms with E-state index in [0.29, 0.717) is 0 Å². The molecule has 1 amide bonds. The van der Waals surface area contributed by atoms with Crippen LogP contribution in [0, 0.1) is 13.8 Å². The summed E-state index contributed by atoms with van der Waals surface area (Å²) in [7, 11) is 0. The molecule has 2 rings (SSSR count). The molecule has 0 aromatic heterocycles. The Balaban J connectivity index is 0.00000162. The maximum absolute atomic E-state index is 12.0. The summed E-state index contributed by atoms with van der Waals surface area (Å²) in [4.78, 5) is 12.0. The van der Waals surface area contributed by atoms with Crippen LogP contribution in [0.4, 0.5) is 5.69 Å². The molecule has 2 N–H and O–H groups in total. The first kappa shape index (κ1) is 15.0. The fourth-order valence-corrected chi connectivity index (χ4v) is 2.25. The van der Waals surface area contributed by atoms with E-state index in [1.165, 1.54) is 12.0 Å². The van der Waals surface area contributed by atoms with E-state index in [-0.39, 0.29) is 24.4 Å². The van der Waals surface area contributed by atoms with Crippen LogP contribution in [-0.4, -0.2) is 18.5 Å². The Kier molecular flexibility index (Phi) is 5.63. The van der Waals surface area contributed by atoms with Gasteiger partial charge in [0.2, 0.25) is 5.91 Å². The third-order valence-corrected chi connectivity index (χ3v) is 3.27. The number of benzene rings is 1. The molecule has 0 spiro atoms. The van der Waals surface area contributed by atoms with Crippen molar-refractivity contribution in [1.29, 1.82) is 0 Å². The highest BCUT2D eigenvalue weighted by molar-refractivity contribution is 5.95. The van der Waals surface area contributed by atoms with Crippen LogP contribution in [0.2, 0.25) is 0 Å². The standard InChI is InChI=1S/C14H20N2O.ClH/c1-10-6-7-12(11(2)9-10)16-14(17)13-5-3-4-8-15-13;/h6-7,9,13,15H,3-5,8H2,1-2H3,(H,16,17);1H/t13-;/m1./s1. The molecule has 0 bridgehead atoms. The molecule has 1 aliphatic rings. The number of carbonyl (C=O) groups is 1. The number of halogens is 1. The van der Waals surface area contributed by atoms with Crippen LogP contribution in [-0.2, 0) is 4.79 Å². The lowest BCUT2D eigenvalue weighted by Crippen LogP contribution is -2.43. The van der Waals surface area contributed by atoms with E-state index < -0.39 is 0 Å². The number of hydrogen-bond acceptors (Lipinski definition) is 2. The largest absolute Gasteiger partial charge is 0.324 e. The first-order valence-electron chi connectivity index (χ1n) is 6.28. The molecule has 1 aromatic carbocycles. The van der Waals surface area contributed by atoms with E-state index in [9.17, 15) is 4.79 Å². The number of hydrogen-bond donors (Lipinski definition) is 2. The number of nitrogens with one attached hydrogen (secondary N) is 2. The van der Waals surface area contributed by atoms with Gasteiger partial charge in [-0.25, -0.2) is 0 Å². The van der Waals surface area contributed by atoms with Gasteiger partial charge in [-0.2, -0.15) is 0 Å². The molecule has 3 nitrogen and oxygen atoms in total. The quantitative estimate of drug-likeness (QED) is 0.866. The lowest BCUT2D eigenvalue weighted by atomic mass is 10.0. The van der Waals surface area contributed by atoms with Crippen molar-refractivity contribution in [3.05, 3.63) is 29.3 Å². The number of rotatable bonds is 2. The Morgan fingerprint density at radius 3 is 2.72 bits per heavy atom. The predicted octanol–water partition coefficient (Wildman–Crippen LogP) is 2.81. The van der Waals surface area contributed by atoms with E-state index >= 15 is 0 Å². The lowest BCUT2D eigenvalue weighted by Gasteiger charge is -2.23. The molecule has 0 aliphatic carbocycles. The Labute approximate surface area is 115 Å². The van der Waals surface area contributed by atoms with Crippen LogP contribution in [0.1, 0.15) is 30.4 Å². The summed E-state index contributed by atoms with van der Waals surface area (Å²) in [5.74, 6) is 0.0941. The molecule has 18 heavy (non-hydrogen) atoms. The molecule has 1 heterocycles. The average Bonchev–Trinajstić information content (AvgIpc) is 2.34. The van der Waals surface area contributed by atoms with Crippen molar-refractivity contribution >= 4 is 24.0 Å². The molecular formula is C14H21ClN2O. The third-order valence-electron chi connectivity index (χ3n) is 3.27. The van der Waals surface area contributed by atoms with Gasteiger partial charge in [0, 0.05) is 5.69 Å². The van der Waals surface area contributed by atoms with Gasteiger partial charge in [0.15, 0.2) is 0 Å². The second-order valence-electron chi connectivity index (χ2n) is 4.81. The van der Waals surface area contributed by atoms with Crippen LogP contribution >= 0.6 is 12.4 Å². The van der Waals surface area contributed by atoms with Crippen molar-refractivity contribution < 1.29 is 4.79 Å². The smallest absolute Gasteiger partial charge is 0.241 e. The van der Waals surface area contributed by atoms with Crippen molar-refractivity contribution in [3.8, 4) is 0 Å². The number of carbonyl (C=O) groups excluding carboxylic acids is 1. The van der Waals surface area contributed by atoms with E-state index in [1.807, 2.05) is 19.1 Å². The first-order chi connectivity index (χ1) is 8.16. The molecule has 1 aliphatic heterocycles. The number of piperidine rings is 1. The minimum atomic E-state index is -0.0237. The van der Waals surface area contributed by atoms with Gasteiger partial charge in [0.25, 0.3) is 0 Å². The summed E-state index contributed by atoms with van der Waals surface area (Å²) in [6.45, 7) is 5.03. The maximum atomic E-state index is 12.0. The van der Waals surface area contributed by atoms with Crippen LogP contribution in [0.3, 0.4) is 0 Å². The van der Waals surface area contributed by atoms with E-state index in [2.05, 4.69) is 23.6 Å². The summed E-state index contributed by atoms with van der Waals surface area (Å²) in [6.07, 6.45) is 3.25. The van der Waals surface area contributed by atoms with Crippen molar-refractivity contribution in [3.63, 3.8) is 0 Å². The molecule has 1 aromatic rings. The summed E-state index contributed by atoms with van der Waals surface area (Å²) in [5, 5.41) is 6.26. The monoisotopic (exact) mass is 268 g/mol. The van der Waals surface area contributed by atoms with Crippen molar-refractivity contribution in [2.75, 3.05) is 11.9 Å². The predicted molar refractivity (Wildman–Crippen MR) is 77.4 cm³/mol. The molecule has 4 heteroatoms. The normalized spacial score (nSPS) is 18.9. The minimum absolute atomic E-state index is 0. The van der Waals surface area contributed by atoms with Gasteiger partial charge in [0.1, 0.15) is 0 Å². The summed E-state index contributed by atoms with van der Waals surface area (Å²) in [5.41, 5.74) is 3.26. The minimum Gasteiger partial charge on any atom is -0.324 e. The average molecular weight is 269 g/mol. The van der Waals surface area contributed by atoms with Crippen molar-refractivity contribution in [2.45, 2.75) is 39.2 Å². The fraction of sp³-hybridized carbons (Fsp3) is 0.500. The van der Waals surface area contributed by atoms with Crippen molar-refractivity contribution in [2.24, 2.45) is 0 Å². The molecular weight excluding hydrogens is 248 g/mol. The highest BCUT2D eigenvalue weighted by Gasteiger charge is 2.20. The van der Waals surface area contributed by atoms with Gasteiger partial charge >= 0.3 is 0 Å². The Morgan fingerprint density at radius 1 is 1.33 bits per heavy atom. The highest BCUT2D eigenvalue weighted by Crippen LogP contribution is 2.17. The molecule has 1 saturated heterocycles. The van der Waals surface area contributed by atoms with Gasteiger partial charge in [-0.15, -0.1) is 12.4 Å². The van der Waals surface area contributed by atoms with Gasteiger partial charge in [-0.1, -0.05) is 24.1 Å². The lowest BCUT2D eigenvalue weighted by molar-refractivity contribution is -0.118. The Morgan fingerprint density at radius 2 is 2.11 bits per heavy atom. The SMILES string of the molecule is Cc1ccc(NC(=O)[C@H]2CCCCN2)c(C)c1.Cl. The topological polar surface area (TPSA) is 41.1 Å². The second-order valence-corrected chi connectivity index (χ2v) is 4.81.